The number of halogens is 1. The van der Waals surface area contributed by atoms with Crippen LogP contribution < -0.4 is 5.32 Å². The van der Waals surface area contributed by atoms with E-state index in [0.29, 0.717) is 16.5 Å². The van der Waals surface area contributed by atoms with Crippen molar-refractivity contribution in [3.63, 3.8) is 0 Å². The maximum absolute atomic E-state index is 14.8. The Labute approximate surface area is 193 Å². The lowest BCUT2D eigenvalue weighted by molar-refractivity contribution is -0.128. The summed E-state index contributed by atoms with van der Waals surface area (Å²) >= 11 is 0. The molecule has 0 radical (unpaired) electrons. The minimum Gasteiger partial charge on any atom is -0.437 e. The van der Waals surface area contributed by atoms with Crippen LogP contribution in [0.25, 0.3) is 11.0 Å². The van der Waals surface area contributed by atoms with Crippen LogP contribution in [0.5, 0.6) is 0 Å². The van der Waals surface area contributed by atoms with Crippen LogP contribution in [0.4, 0.5) is 10.3 Å². The largest absolute Gasteiger partial charge is 0.437 e. The standard InChI is InChI=1S/C27H28FN3O2/c28-24-22-6-2-3-7-23(22)33-25(24)30-26(32)27(11-4-1-5-12-27)13-15-31-14-10-20-16-19(17-29)8-9-21(20)18-31/h2-3,6-9,16H,1,4-5,10-15,18H2,(H,30,32). The summed E-state index contributed by atoms with van der Waals surface area (Å²) in [5, 5.41) is 12.3. The van der Waals surface area contributed by atoms with Gasteiger partial charge in [-0.1, -0.05) is 37.5 Å². The lowest BCUT2D eigenvalue weighted by Crippen LogP contribution is -2.42. The molecule has 2 aromatic carbocycles. The zero-order valence-electron chi connectivity index (χ0n) is 18.7. The highest BCUT2D eigenvalue weighted by atomic mass is 19.1. The number of furan rings is 1. The summed E-state index contributed by atoms with van der Waals surface area (Å²) in [5.74, 6) is -0.711. The number of rotatable bonds is 5. The number of carbonyl (C=O) groups is 1. The van der Waals surface area contributed by atoms with Gasteiger partial charge in [-0.3, -0.25) is 15.0 Å². The second-order valence-electron chi connectivity index (χ2n) is 9.41. The number of hydrogen-bond acceptors (Lipinski definition) is 4. The average molecular weight is 446 g/mol. The van der Waals surface area contributed by atoms with Crippen molar-refractivity contribution in [1.29, 1.82) is 5.26 Å². The summed E-state index contributed by atoms with van der Waals surface area (Å²) in [4.78, 5) is 15.9. The molecule has 1 aliphatic carbocycles. The molecule has 1 saturated carbocycles. The van der Waals surface area contributed by atoms with E-state index in [0.717, 1.165) is 64.6 Å². The molecule has 1 fully saturated rings. The van der Waals surface area contributed by atoms with E-state index in [-0.39, 0.29) is 11.8 Å². The fourth-order valence-corrected chi connectivity index (χ4v) is 5.39. The van der Waals surface area contributed by atoms with E-state index < -0.39 is 11.2 Å². The number of amides is 1. The molecule has 170 valence electrons. The second kappa shape index (κ2) is 8.99. The number of nitrogens with zero attached hydrogens (tertiary/aromatic N) is 2. The van der Waals surface area contributed by atoms with Gasteiger partial charge in [0.15, 0.2) is 5.82 Å². The Bertz CT molecular complexity index is 1220. The average Bonchev–Trinajstić information content (AvgIpc) is 3.18. The summed E-state index contributed by atoms with van der Waals surface area (Å²) in [5.41, 5.74) is 3.14. The van der Waals surface area contributed by atoms with Gasteiger partial charge in [-0.05, 0) is 67.6 Å². The van der Waals surface area contributed by atoms with E-state index in [4.69, 9.17) is 9.68 Å². The minimum atomic E-state index is -0.505. The van der Waals surface area contributed by atoms with Crippen molar-refractivity contribution in [3.8, 4) is 6.07 Å². The molecule has 0 unspecified atom stereocenters. The molecule has 2 heterocycles. The molecular formula is C27H28FN3O2. The summed E-state index contributed by atoms with van der Waals surface area (Å²) in [6.45, 7) is 2.56. The number of para-hydroxylation sites is 1. The Balaban J connectivity index is 1.30. The van der Waals surface area contributed by atoms with Gasteiger partial charge in [0.25, 0.3) is 0 Å². The molecule has 5 nitrogen and oxygen atoms in total. The quantitative estimate of drug-likeness (QED) is 0.540. The third-order valence-corrected chi connectivity index (χ3v) is 7.39. The van der Waals surface area contributed by atoms with E-state index in [9.17, 15) is 9.18 Å². The molecule has 1 aromatic heterocycles. The van der Waals surface area contributed by atoms with E-state index in [1.165, 1.54) is 11.1 Å². The van der Waals surface area contributed by atoms with E-state index in [1.54, 1.807) is 24.3 Å². The number of fused-ring (bicyclic) bond motifs is 2. The van der Waals surface area contributed by atoms with E-state index in [2.05, 4.69) is 16.3 Å². The Morgan fingerprint density at radius 2 is 1.97 bits per heavy atom. The van der Waals surface area contributed by atoms with Crippen LogP contribution in [-0.2, 0) is 17.8 Å². The Morgan fingerprint density at radius 3 is 2.76 bits per heavy atom. The fraction of sp³-hybridized carbons (Fsp3) is 0.407. The second-order valence-corrected chi connectivity index (χ2v) is 9.41. The van der Waals surface area contributed by atoms with Gasteiger partial charge in [-0.25, -0.2) is 4.39 Å². The normalized spacial score (nSPS) is 17.9. The minimum absolute atomic E-state index is 0.0775. The first-order chi connectivity index (χ1) is 16.1. The molecule has 0 bridgehead atoms. The first-order valence-electron chi connectivity index (χ1n) is 11.8. The van der Waals surface area contributed by atoms with E-state index >= 15 is 0 Å². The van der Waals surface area contributed by atoms with Crippen molar-refractivity contribution in [3.05, 3.63) is 65.0 Å². The molecule has 1 aliphatic heterocycles. The van der Waals surface area contributed by atoms with Crippen LogP contribution in [0.1, 0.15) is 55.2 Å². The summed E-state index contributed by atoms with van der Waals surface area (Å²) in [6.07, 6.45) is 6.44. The van der Waals surface area contributed by atoms with Crippen LogP contribution in [0, 0.1) is 22.6 Å². The van der Waals surface area contributed by atoms with E-state index in [1.807, 2.05) is 18.2 Å². The van der Waals surface area contributed by atoms with Gasteiger partial charge in [0.05, 0.1) is 22.4 Å². The molecule has 0 saturated heterocycles. The third kappa shape index (κ3) is 4.26. The molecule has 6 heteroatoms. The van der Waals surface area contributed by atoms with Gasteiger partial charge in [-0.15, -0.1) is 0 Å². The molecule has 33 heavy (non-hydrogen) atoms. The van der Waals surface area contributed by atoms with Gasteiger partial charge in [0, 0.05) is 13.1 Å². The first kappa shape index (κ1) is 21.7. The van der Waals surface area contributed by atoms with Crippen molar-refractivity contribution in [2.24, 2.45) is 5.41 Å². The van der Waals surface area contributed by atoms with Gasteiger partial charge in [-0.2, -0.15) is 5.26 Å². The SMILES string of the molecule is N#Cc1ccc2c(c1)CCN(CCC1(C(=O)Nc3oc4ccccc4c3F)CCCCC1)C2. The Morgan fingerprint density at radius 1 is 1.15 bits per heavy atom. The molecule has 0 atom stereocenters. The van der Waals surface area contributed by atoms with Crippen molar-refractivity contribution in [2.75, 3.05) is 18.4 Å². The summed E-state index contributed by atoms with van der Waals surface area (Å²) in [6, 6.07) is 15.0. The van der Waals surface area contributed by atoms with Crippen LogP contribution in [-0.4, -0.2) is 23.9 Å². The van der Waals surface area contributed by atoms with Crippen molar-refractivity contribution in [1.82, 2.24) is 4.90 Å². The summed E-state index contributed by atoms with van der Waals surface area (Å²) < 4.78 is 20.4. The predicted octanol–water partition coefficient (Wildman–Crippen LogP) is 5.78. The van der Waals surface area contributed by atoms with Crippen molar-refractivity contribution >= 4 is 22.8 Å². The molecular weight excluding hydrogens is 417 g/mol. The van der Waals surface area contributed by atoms with Gasteiger partial charge in [0.1, 0.15) is 5.58 Å². The van der Waals surface area contributed by atoms with Gasteiger partial charge < -0.3 is 4.42 Å². The molecule has 5 rings (SSSR count). The lowest BCUT2D eigenvalue weighted by Gasteiger charge is -2.38. The highest BCUT2D eigenvalue weighted by Gasteiger charge is 2.40. The van der Waals surface area contributed by atoms with Crippen LogP contribution in [0.15, 0.2) is 46.9 Å². The zero-order chi connectivity index (χ0) is 22.8. The van der Waals surface area contributed by atoms with Crippen molar-refractivity contribution < 1.29 is 13.6 Å². The molecule has 1 N–H and O–H groups in total. The Hall–Kier alpha value is -3.17. The first-order valence-corrected chi connectivity index (χ1v) is 11.8. The topological polar surface area (TPSA) is 69.3 Å². The van der Waals surface area contributed by atoms with Gasteiger partial charge in [0.2, 0.25) is 11.8 Å². The smallest absolute Gasteiger partial charge is 0.236 e. The number of anilines is 1. The number of nitriles is 1. The Kier molecular flexibility index (Phi) is 5.90. The fourth-order valence-electron chi connectivity index (χ4n) is 5.39. The van der Waals surface area contributed by atoms with Crippen LogP contribution >= 0.6 is 0 Å². The molecule has 3 aromatic rings. The maximum atomic E-state index is 14.8. The van der Waals surface area contributed by atoms with Crippen LogP contribution in [0.2, 0.25) is 0 Å². The molecule has 1 amide bonds. The maximum Gasteiger partial charge on any atom is 0.236 e. The summed E-state index contributed by atoms with van der Waals surface area (Å²) in [7, 11) is 0. The zero-order valence-corrected chi connectivity index (χ0v) is 18.7. The number of benzene rings is 2. The highest BCUT2D eigenvalue weighted by molar-refractivity contribution is 5.96. The predicted molar refractivity (Wildman–Crippen MR) is 125 cm³/mol. The number of nitrogens with one attached hydrogen (secondary N) is 1. The lowest BCUT2D eigenvalue weighted by atomic mass is 9.71. The monoisotopic (exact) mass is 445 g/mol. The van der Waals surface area contributed by atoms with Crippen molar-refractivity contribution in [2.45, 2.75) is 51.5 Å². The van der Waals surface area contributed by atoms with Crippen LogP contribution in [0.3, 0.4) is 0 Å². The van der Waals surface area contributed by atoms with Gasteiger partial charge >= 0.3 is 0 Å². The highest BCUT2D eigenvalue weighted by Crippen LogP contribution is 2.41. The molecule has 2 aliphatic rings. The third-order valence-electron chi connectivity index (χ3n) is 7.39. The number of carbonyl (C=O) groups excluding carboxylic acids is 1. The number of hydrogen-bond donors (Lipinski definition) is 1. The molecule has 0 spiro atoms.